The lowest BCUT2D eigenvalue weighted by Crippen LogP contribution is -2.35. The molecule has 1 amide bonds. The maximum absolute atomic E-state index is 12.8. The summed E-state index contributed by atoms with van der Waals surface area (Å²) in [5, 5.41) is 4.31. The van der Waals surface area contributed by atoms with Crippen LogP contribution >= 0.6 is 0 Å². The average Bonchev–Trinajstić information content (AvgIpc) is 2.83. The monoisotopic (exact) mass is 333 g/mol. The van der Waals surface area contributed by atoms with E-state index in [-0.39, 0.29) is 11.5 Å². The zero-order valence-electron chi connectivity index (χ0n) is 15.4. The molecule has 2 rings (SSSR count). The Morgan fingerprint density at radius 3 is 2.58 bits per heavy atom. The Morgan fingerprint density at radius 1 is 1.17 bits per heavy atom. The fraction of sp³-hybridized carbons (Fsp3) is 0.737. The summed E-state index contributed by atoms with van der Waals surface area (Å²) in [5.41, 5.74) is 0.639. The van der Waals surface area contributed by atoms with Crippen LogP contribution in [-0.4, -0.2) is 33.7 Å². The van der Waals surface area contributed by atoms with Crippen molar-refractivity contribution in [3.63, 3.8) is 0 Å². The van der Waals surface area contributed by atoms with Gasteiger partial charge in [-0.25, -0.2) is 4.68 Å². The van der Waals surface area contributed by atoms with Gasteiger partial charge in [-0.1, -0.05) is 40.0 Å². The highest BCUT2D eigenvalue weighted by Gasteiger charge is 2.31. The molecular formula is C19H31N3O2. The second-order valence-corrected chi connectivity index (χ2v) is 6.99. The topological polar surface area (TPSA) is 55.2 Å². The molecule has 0 N–H and O–H groups in total. The summed E-state index contributed by atoms with van der Waals surface area (Å²) in [5.74, 6) is -0.0387. The minimum atomic E-state index is -0.133. The van der Waals surface area contributed by atoms with E-state index in [1.165, 1.54) is 30.0 Å². The first-order valence-corrected chi connectivity index (χ1v) is 9.42. The molecule has 1 fully saturated rings. The largest absolute Gasteiger partial charge is 0.337 e. The van der Waals surface area contributed by atoms with E-state index in [1.807, 2.05) is 4.90 Å². The van der Waals surface area contributed by atoms with E-state index in [0.29, 0.717) is 17.7 Å². The molecule has 0 spiro atoms. The molecule has 1 aliphatic rings. The van der Waals surface area contributed by atoms with Gasteiger partial charge in [0.1, 0.15) is 5.69 Å². The summed E-state index contributed by atoms with van der Waals surface area (Å²) in [6.45, 7) is 8.74. The van der Waals surface area contributed by atoms with Gasteiger partial charge < -0.3 is 4.90 Å². The lowest BCUT2D eigenvalue weighted by atomic mass is 9.76. The first-order valence-electron chi connectivity index (χ1n) is 9.42. The molecule has 5 nitrogen and oxygen atoms in total. The van der Waals surface area contributed by atoms with E-state index in [9.17, 15) is 9.59 Å². The molecule has 0 radical (unpaired) electrons. The van der Waals surface area contributed by atoms with Crippen LogP contribution in [0.1, 0.15) is 76.2 Å². The molecule has 1 aliphatic heterocycles. The van der Waals surface area contributed by atoms with Crippen LogP contribution < -0.4 is 5.56 Å². The molecule has 5 heteroatoms. The molecule has 24 heavy (non-hydrogen) atoms. The number of aromatic nitrogens is 2. The van der Waals surface area contributed by atoms with Crippen molar-refractivity contribution in [3.05, 3.63) is 28.2 Å². The van der Waals surface area contributed by atoms with E-state index in [2.05, 4.69) is 25.9 Å². The number of carbonyl (C=O) groups excluding carboxylic acids is 1. The van der Waals surface area contributed by atoms with Crippen LogP contribution in [-0.2, 0) is 6.54 Å². The third kappa shape index (κ3) is 4.25. The first-order chi connectivity index (χ1) is 11.5. The van der Waals surface area contributed by atoms with Gasteiger partial charge in [-0.3, -0.25) is 9.59 Å². The second-order valence-electron chi connectivity index (χ2n) is 6.99. The van der Waals surface area contributed by atoms with Gasteiger partial charge in [-0.2, -0.15) is 5.10 Å². The van der Waals surface area contributed by atoms with Crippen molar-refractivity contribution >= 4 is 5.91 Å². The summed E-state index contributed by atoms with van der Waals surface area (Å²) in [6.07, 6.45) is 7.52. The van der Waals surface area contributed by atoms with Gasteiger partial charge >= 0.3 is 0 Å². The highest BCUT2D eigenvalue weighted by atomic mass is 16.2. The summed E-state index contributed by atoms with van der Waals surface area (Å²) in [4.78, 5) is 26.6. The van der Waals surface area contributed by atoms with Crippen molar-refractivity contribution in [1.82, 2.24) is 14.7 Å². The average molecular weight is 333 g/mol. The van der Waals surface area contributed by atoms with Gasteiger partial charge in [0.25, 0.3) is 11.5 Å². The van der Waals surface area contributed by atoms with Gasteiger partial charge in [-0.05, 0) is 37.2 Å². The molecule has 0 saturated carbocycles. The summed E-state index contributed by atoms with van der Waals surface area (Å²) in [7, 11) is 0. The normalized spacial score (nSPS) is 17.5. The quantitative estimate of drug-likeness (QED) is 0.801. The van der Waals surface area contributed by atoms with Crippen LogP contribution in [0.25, 0.3) is 0 Å². The molecule has 0 unspecified atom stereocenters. The van der Waals surface area contributed by atoms with Crippen LogP contribution in [0.3, 0.4) is 0 Å². The Labute approximate surface area is 145 Å². The molecule has 1 aromatic heterocycles. The van der Waals surface area contributed by atoms with E-state index in [1.54, 1.807) is 6.07 Å². The van der Waals surface area contributed by atoms with Gasteiger partial charge in [0.15, 0.2) is 0 Å². The maximum atomic E-state index is 12.8. The van der Waals surface area contributed by atoms with E-state index in [0.717, 1.165) is 38.8 Å². The number of aryl methyl sites for hydroxylation is 1. The zero-order chi connectivity index (χ0) is 17.6. The van der Waals surface area contributed by atoms with E-state index in [4.69, 9.17) is 0 Å². The highest BCUT2D eigenvalue weighted by Crippen LogP contribution is 2.38. The van der Waals surface area contributed by atoms with Crippen molar-refractivity contribution in [2.24, 2.45) is 5.41 Å². The van der Waals surface area contributed by atoms with E-state index < -0.39 is 0 Å². The molecule has 1 aromatic rings. The van der Waals surface area contributed by atoms with Crippen LogP contribution in [0.15, 0.2) is 16.9 Å². The minimum Gasteiger partial charge on any atom is -0.337 e. The molecule has 134 valence electrons. The lowest BCUT2D eigenvalue weighted by Gasteiger charge is -2.30. The predicted molar refractivity (Wildman–Crippen MR) is 96.2 cm³/mol. The fourth-order valence-electron chi connectivity index (χ4n) is 3.61. The third-order valence-electron chi connectivity index (χ3n) is 5.64. The lowest BCUT2D eigenvalue weighted by molar-refractivity contribution is 0.0745. The summed E-state index contributed by atoms with van der Waals surface area (Å²) >= 11 is 0. The van der Waals surface area contributed by atoms with Crippen molar-refractivity contribution in [3.8, 4) is 0 Å². The van der Waals surface area contributed by atoms with Crippen LogP contribution in [0.5, 0.6) is 0 Å². The number of hydrogen-bond acceptors (Lipinski definition) is 3. The van der Waals surface area contributed by atoms with Gasteiger partial charge in [0.2, 0.25) is 0 Å². The van der Waals surface area contributed by atoms with Crippen LogP contribution in [0.4, 0.5) is 0 Å². The fourth-order valence-corrected chi connectivity index (χ4v) is 3.61. The number of carbonyl (C=O) groups is 1. The SMILES string of the molecule is CCCCn1nc(C(=O)N2CCCC(CC)(CC)CC2)ccc1=O. The zero-order valence-corrected chi connectivity index (χ0v) is 15.4. The van der Waals surface area contributed by atoms with Gasteiger partial charge in [0, 0.05) is 25.7 Å². The van der Waals surface area contributed by atoms with Crippen molar-refractivity contribution in [1.29, 1.82) is 0 Å². The Kier molecular flexibility index (Phi) is 6.58. The number of likely N-dealkylation sites (tertiary alicyclic amines) is 1. The number of nitrogens with zero attached hydrogens (tertiary/aromatic N) is 3. The Morgan fingerprint density at radius 2 is 1.92 bits per heavy atom. The standard InChI is InChI=1S/C19H31N3O2/c1-4-7-14-22-17(23)10-9-16(20-22)18(24)21-13-8-11-19(5-2,6-3)12-15-21/h9-10H,4-8,11-15H2,1-3H3. The number of amides is 1. The maximum Gasteiger partial charge on any atom is 0.274 e. The molecule has 0 aliphatic carbocycles. The Balaban J connectivity index is 2.12. The minimum absolute atomic E-state index is 0.0387. The Hall–Kier alpha value is -1.65. The Bertz CT molecular complexity index is 605. The number of unbranched alkanes of at least 4 members (excludes halogenated alkanes) is 1. The number of hydrogen-bond donors (Lipinski definition) is 0. The molecule has 0 atom stereocenters. The summed E-state index contributed by atoms with van der Waals surface area (Å²) < 4.78 is 1.43. The van der Waals surface area contributed by atoms with Crippen LogP contribution in [0, 0.1) is 5.41 Å². The van der Waals surface area contributed by atoms with Crippen LogP contribution in [0.2, 0.25) is 0 Å². The molecule has 1 saturated heterocycles. The predicted octanol–water partition coefficient (Wildman–Crippen LogP) is 3.48. The molecular weight excluding hydrogens is 302 g/mol. The molecule has 0 aromatic carbocycles. The third-order valence-corrected chi connectivity index (χ3v) is 5.64. The van der Waals surface area contributed by atoms with Crippen molar-refractivity contribution in [2.75, 3.05) is 13.1 Å². The van der Waals surface area contributed by atoms with Gasteiger partial charge in [0.05, 0.1) is 0 Å². The van der Waals surface area contributed by atoms with E-state index >= 15 is 0 Å². The molecule has 2 heterocycles. The summed E-state index contributed by atoms with van der Waals surface area (Å²) in [6, 6.07) is 3.04. The van der Waals surface area contributed by atoms with Crippen molar-refractivity contribution in [2.45, 2.75) is 72.3 Å². The first kappa shape index (κ1) is 18.7. The number of rotatable bonds is 6. The smallest absolute Gasteiger partial charge is 0.274 e. The second kappa shape index (κ2) is 8.45. The highest BCUT2D eigenvalue weighted by molar-refractivity contribution is 5.92. The van der Waals surface area contributed by atoms with Gasteiger partial charge in [-0.15, -0.1) is 0 Å². The van der Waals surface area contributed by atoms with Crippen molar-refractivity contribution < 1.29 is 4.79 Å². The molecule has 0 bridgehead atoms.